The van der Waals surface area contributed by atoms with Crippen molar-refractivity contribution in [2.24, 2.45) is 0 Å². The van der Waals surface area contributed by atoms with E-state index in [0.29, 0.717) is 0 Å². The Morgan fingerprint density at radius 2 is 1.88 bits per heavy atom. The van der Waals surface area contributed by atoms with Crippen molar-refractivity contribution in [2.75, 3.05) is 0 Å². The molecule has 0 atom stereocenters. The number of rotatable bonds is 2. The zero-order chi connectivity index (χ0) is 11.7. The fourth-order valence-electron chi connectivity index (χ4n) is 2.03. The minimum absolute atomic E-state index is 0.931. The lowest BCUT2D eigenvalue weighted by molar-refractivity contribution is 1.05. The predicted molar refractivity (Wildman–Crippen MR) is 69.7 cm³/mol. The molecule has 1 N–H and O–H groups in total. The van der Waals surface area contributed by atoms with Crippen molar-refractivity contribution in [3.63, 3.8) is 0 Å². The van der Waals surface area contributed by atoms with Crippen LogP contribution >= 0.6 is 0 Å². The van der Waals surface area contributed by atoms with Crippen LogP contribution in [0.2, 0.25) is 0 Å². The molecular weight excluding hydrogens is 208 g/mol. The topological polar surface area (TPSA) is 28.7 Å². The summed E-state index contributed by atoms with van der Waals surface area (Å²) in [6.07, 6.45) is 3.62. The Bertz CT molecular complexity index is 626. The second-order valence-corrected chi connectivity index (χ2v) is 4.12. The maximum Gasteiger partial charge on any atom is 0.117 e. The summed E-state index contributed by atoms with van der Waals surface area (Å²) in [5.74, 6) is 2.10. The van der Waals surface area contributed by atoms with Crippen LogP contribution in [-0.2, 0) is 0 Å². The standard InChI is InChI=1S/C15H13N2/c1-11(15-16-8-9-17-15)13-7-6-12-4-2-3-5-14(12)10-13/h2-10H,1H3,(H,16,17). The summed E-state index contributed by atoms with van der Waals surface area (Å²) in [5, 5.41) is 2.53. The van der Waals surface area contributed by atoms with Gasteiger partial charge in [0.1, 0.15) is 5.82 Å². The van der Waals surface area contributed by atoms with E-state index in [1.165, 1.54) is 22.3 Å². The highest BCUT2D eigenvalue weighted by molar-refractivity contribution is 5.83. The molecule has 1 radical (unpaired) electrons. The summed E-state index contributed by atoms with van der Waals surface area (Å²) in [6.45, 7) is 2.09. The monoisotopic (exact) mass is 221 g/mol. The average Bonchev–Trinajstić information content (AvgIpc) is 2.91. The van der Waals surface area contributed by atoms with Crippen LogP contribution in [0.25, 0.3) is 10.8 Å². The van der Waals surface area contributed by atoms with E-state index in [9.17, 15) is 0 Å². The quantitative estimate of drug-likeness (QED) is 0.704. The van der Waals surface area contributed by atoms with Crippen molar-refractivity contribution in [3.05, 3.63) is 72.2 Å². The summed E-state index contributed by atoms with van der Waals surface area (Å²) >= 11 is 0. The third-order valence-electron chi connectivity index (χ3n) is 3.04. The van der Waals surface area contributed by atoms with Gasteiger partial charge in [0.2, 0.25) is 0 Å². The van der Waals surface area contributed by atoms with Crippen LogP contribution < -0.4 is 0 Å². The highest BCUT2D eigenvalue weighted by Crippen LogP contribution is 2.24. The number of hydrogen-bond donors (Lipinski definition) is 1. The highest BCUT2D eigenvalue weighted by atomic mass is 14.9. The van der Waals surface area contributed by atoms with Gasteiger partial charge in [-0.2, -0.15) is 0 Å². The zero-order valence-electron chi connectivity index (χ0n) is 9.64. The number of fused-ring (bicyclic) bond motifs is 1. The Morgan fingerprint density at radius 1 is 1.06 bits per heavy atom. The molecule has 0 saturated heterocycles. The highest BCUT2D eigenvalue weighted by Gasteiger charge is 2.11. The summed E-state index contributed by atoms with van der Waals surface area (Å²) in [5.41, 5.74) is 1.21. The smallest absolute Gasteiger partial charge is 0.117 e. The molecular formula is C15H13N2. The van der Waals surface area contributed by atoms with E-state index >= 15 is 0 Å². The largest absolute Gasteiger partial charge is 0.348 e. The lowest BCUT2D eigenvalue weighted by Crippen LogP contribution is -1.99. The maximum atomic E-state index is 4.28. The SMILES string of the molecule is C[C](c1ccc2ccccc2c1)c1ncc[nH]1. The van der Waals surface area contributed by atoms with Crippen molar-refractivity contribution >= 4 is 10.8 Å². The van der Waals surface area contributed by atoms with Gasteiger partial charge in [-0.25, -0.2) is 4.98 Å². The number of nitrogens with zero attached hydrogens (tertiary/aromatic N) is 1. The average molecular weight is 221 g/mol. The van der Waals surface area contributed by atoms with E-state index in [1.807, 2.05) is 6.20 Å². The Morgan fingerprint density at radius 3 is 2.65 bits per heavy atom. The molecule has 3 aromatic rings. The van der Waals surface area contributed by atoms with E-state index in [2.05, 4.69) is 59.4 Å². The van der Waals surface area contributed by atoms with Crippen molar-refractivity contribution in [3.8, 4) is 0 Å². The Hall–Kier alpha value is -2.09. The van der Waals surface area contributed by atoms with E-state index < -0.39 is 0 Å². The van der Waals surface area contributed by atoms with Crippen LogP contribution in [0, 0.1) is 5.92 Å². The molecule has 2 aromatic carbocycles. The summed E-state index contributed by atoms with van der Waals surface area (Å²) in [7, 11) is 0. The lowest BCUT2D eigenvalue weighted by Gasteiger charge is -2.09. The van der Waals surface area contributed by atoms with Gasteiger partial charge >= 0.3 is 0 Å². The minimum atomic E-state index is 0.931. The third-order valence-corrected chi connectivity index (χ3v) is 3.04. The van der Waals surface area contributed by atoms with E-state index in [0.717, 1.165) is 5.82 Å². The first-order valence-corrected chi connectivity index (χ1v) is 5.67. The number of benzene rings is 2. The molecule has 0 aliphatic heterocycles. The van der Waals surface area contributed by atoms with Gasteiger partial charge in [-0.1, -0.05) is 42.5 Å². The first kappa shape index (κ1) is 10.1. The van der Waals surface area contributed by atoms with Crippen molar-refractivity contribution in [2.45, 2.75) is 6.92 Å². The van der Waals surface area contributed by atoms with Gasteiger partial charge in [0.05, 0.1) is 5.92 Å². The Balaban J connectivity index is 2.06. The molecule has 0 unspecified atom stereocenters. The van der Waals surface area contributed by atoms with Crippen LogP contribution in [0.1, 0.15) is 18.3 Å². The van der Waals surface area contributed by atoms with Crippen LogP contribution in [-0.4, -0.2) is 9.97 Å². The molecule has 0 amide bonds. The second kappa shape index (κ2) is 4.06. The number of aromatic nitrogens is 2. The van der Waals surface area contributed by atoms with E-state index in [1.54, 1.807) is 6.20 Å². The van der Waals surface area contributed by atoms with E-state index in [4.69, 9.17) is 0 Å². The molecule has 0 fully saturated rings. The van der Waals surface area contributed by atoms with Gasteiger partial charge in [-0.3, -0.25) is 0 Å². The summed E-state index contributed by atoms with van der Waals surface area (Å²) in [6, 6.07) is 14.9. The summed E-state index contributed by atoms with van der Waals surface area (Å²) < 4.78 is 0. The fourth-order valence-corrected chi connectivity index (χ4v) is 2.03. The fraction of sp³-hybridized carbons (Fsp3) is 0.0667. The predicted octanol–water partition coefficient (Wildman–Crippen LogP) is 3.55. The molecule has 2 nitrogen and oxygen atoms in total. The molecule has 83 valence electrons. The minimum Gasteiger partial charge on any atom is -0.348 e. The van der Waals surface area contributed by atoms with Gasteiger partial charge in [0.25, 0.3) is 0 Å². The lowest BCUT2D eigenvalue weighted by atomic mass is 9.97. The van der Waals surface area contributed by atoms with Crippen molar-refractivity contribution < 1.29 is 0 Å². The maximum absolute atomic E-state index is 4.28. The van der Waals surface area contributed by atoms with E-state index in [-0.39, 0.29) is 0 Å². The van der Waals surface area contributed by atoms with Gasteiger partial charge in [0, 0.05) is 12.4 Å². The summed E-state index contributed by atoms with van der Waals surface area (Å²) in [4.78, 5) is 7.42. The Kier molecular flexibility index (Phi) is 2.41. The molecule has 1 aromatic heterocycles. The van der Waals surface area contributed by atoms with Crippen LogP contribution in [0.4, 0.5) is 0 Å². The van der Waals surface area contributed by atoms with Gasteiger partial charge in [-0.05, 0) is 23.3 Å². The molecule has 1 heterocycles. The molecule has 0 aliphatic carbocycles. The number of aromatic amines is 1. The number of imidazole rings is 1. The van der Waals surface area contributed by atoms with Gasteiger partial charge < -0.3 is 4.98 Å². The van der Waals surface area contributed by atoms with Crippen LogP contribution in [0.3, 0.4) is 0 Å². The molecule has 0 bridgehead atoms. The third kappa shape index (κ3) is 1.82. The second-order valence-electron chi connectivity index (χ2n) is 4.12. The van der Waals surface area contributed by atoms with Crippen molar-refractivity contribution in [1.29, 1.82) is 0 Å². The molecule has 2 heteroatoms. The number of hydrogen-bond acceptors (Lipinski definition) is 1. The van der Waals surface area contributed by atoms with Gasteiger partial charge in [0.15, 0.2) is 0 Å². The molecule has 0 spiro atoms. The number of nitrogens with one attached hydrogen (secondary N) is 1. The Labute approximate surface area is 100 Å². The first-order chi connectivity index (χ1) is 8.34. The molecule has 17 heavy (non-hydrogen) atoms. The number of H-pyrrole nitrogens is 1. The van der Waals surface area contributed by atoms with Crippen molar-refractivity contribution in [1.82, 2.24) is 9.97 Å². The van der Waals surface area contributed by atoms with Crippen LogP contribution in [0.15, 0.2) is 54.9 Å². The zero-order valence-corrected chi connectivity index (χ0v) is 9.64. The van der Waals surface area contributed by atoms with Gasteiger partial charge in [-0.15, -0.1) is 0 Å². The first-order valence-electron chi connectivity index (χ1n) is 5.67. The normalized spacial score (nSPS) is 11.2. The molecule has 0 saturated carbocycles. The van der Waals surface area contributed by atoms with Crippen LogP contribution in [0.5, 0.6) is 0 Å². The molecule has 0 aliphatic rings. The molecule has 3 rings (SSSR count).